The van der Waals surface area contributed by atoms with E-state index >= 15 is 0 Å². The quantitative estimate of drug-likeness (QED) is 0.775. The van der Waals surface area contributed by atoms with Crippen LogP contribution in [0.2, 0.25) is 0 Å². The van der Waals surface area contributed by atoms with Gasteiger partial charge in [-0.15, -0.1) is 0 Å². The fourth-order valence-electron chi connectivity index (χ4n) is 3.07. The maximum Gasteiger partial charge on any atom is 0.0506 e. The van der Waals surface area contributed by atoms with Crippen LogP contribution in [0.15, 0.2) is 0 Å². The summed E-state index contributed by atoms with van der Waals surface area (Å²) in [6, 6.07) is 0.731. The molecular formula is C13H25NO2. The molecule has 0 aromatic rings. The molecule has 0 aromatic carbocycles. The molecule has 0 unspecified atom stereocenters. The van der Waals surface area contributed by atoms with Gasteiger partial charge in [-0.1, -0.05) is 0 Å². The number of aliphatic hydroxyl groups is 1. The van der Waals surface area contributed by atoms with E-state index in [1.54, 1.807) is 0 Å². The monoisotopic (exact) mass is 227 g/mol. The van der Waals surface area contributed by atoms with Crippen molar-refractivity contribution in [1.82, 2.24) is 4.90 Å². The lowest BCUT2D eigenvalue weighted by Crippen LogP contribution is -2.36. The zero-order valence-electron chi connectivity index (χ0n) is 10.2. The first-order chi connectivity index (χ1) is 7.90. The fraction of sp³-hybridized carbons (Fsp3) is 1.00. The number of aliphatic hydroxyl groups excluding tert-OH is 1. The molecule has 0 aliphatic carbocycles. The molecule has 1 N–H and O–H groups in total. The Hall–Kier alpha value is -0.120. The summed E-state index contributed by atoms with van der Waals surface area (Å²) in [6.45, 7) is 4.74. The number of ether oxygens (including phenoxy) is 1. The number of hydrogen-bond acceptors (Lipinski definition) is 3. The van der Waals surface area contributed by atoms with Crippen LogP contribution >= 0.6 is 0 Å². The van der Waals surface area contributed by atoms with Gasteiger partial charge in [-0.05, 0) is 51.0 Å². The van der Waals surface area contributed by atoms with Gasteiger partial charge < -0.3 is 14.7 Å². The normalized spacial score (nSPS) is 32.1. The Morgan fingerprint density at radius 2 is 2.19 bits per heavy atom. The third-order valence-electron chi connectivity index (χ3n) is 3.94. The van der Waals surface area contributed by atoms with E-state index in [2.05, 4.69) is 4.90 Å². The van der Waals surface area contributed by atoms with Crippen molar-refractivity contribution in [2.45, 2.75) is 44.6 Å². The molecule has 2 heterocycles. The number of likely N-dealkylation sites (tertiary alicyclic amines) is 1. The fourth-order valence-corrected chi connectivity index (χ4v) is 3.07. The molecule has 0 saturated carbocycles. The lowest BCUT2D eigenvalue weighted by atomic mass is 10.0. The first-order valence-corrected chi connectivity index (χ1v) is 6.83. The van der Waals surface area contributed by atoms with E-state index in [9.17, 15) is 0 Å². The van der Waals surface area contributed by atoms with Gasteiger partial charge in [-0.3, -0.25) is 0 Å². The molecule has 2 atom stereocenters. The second-order valence-corrected chi connectivity index (χ2v) is 5.24. The molecule has 2 rings (SSSR count). The van der Waals surface area contributed by atoms with Crippen molar-refractivity contribution in [3.8, 4) is 0 Å². The summed E-state index contributed by atoms with van der Waals surface area (Å²) in [7, 11) is 0. The van der Waals surface area contributed by atoms with Gasteiger partial charge in [-0.25, -0.2) is 0 Å². The highest BCUT2D eigenvalue weighted by Crippen LogP contribution is 2.24. The van der Waals surface area contributed by atoms with Gasteiger partial charge in [0.2, 0.25) is 0 Å². The molecule has 2 aliphatic heterocycles. The summed E-state index contributed by atoms with van der Waals surface area (Å²) in [5, 5.41) is 8.90. The molecule has 0 radical (unpaired) electrons. The van der Waals surface area contributed by atoms with Crippen molar-refractivity contribution in [1.29, 1.82) is 0 Å². The van der Waals surface area contributed by atoms with E-state index in [1.165, 1.54) is 45.2 Å². The number of rotatable bonds is 5. The van der Waals surface area contributed by atoms with Crippen LogP contribution in [0.5, 0.6) is 0 Å². The third kappa shape index (κ3) is 3.44. The summed E-state index contributed by atoms with van der Waals surface area (Å²) >= 11 is 0. The van der Waals surface area contributed by atoms with Gasteiger partial charge >= 0.3 is 0 Å². The average molecular weight is 227 g/mol. The SMILES string of the molecule is OCCC[C@@H]1CCCN1C[C@H]1CCCOC1. The largest absolute Gasteiger partial charge is 0.396 e. The highest BCUT2D eigenvalue weighted by molar-refractivity contribution is 4.81. The van der Waals surface area contributed by atoms with E-state index in [1.807, 2.05) is 0 Å². The lowest BCUT2D eigenvalue weighted by Gasteiger charge is -2.30. The summed E-state index contributed by atoms with van der Waals surface area (Å²) in [6.07, 6.45) is 7.37. The van der Waals surface area contributed by atoms with E-state index in [0.29, 0.717) is 6.61 Å². The van der Waals surface area contributed by atoms with Crippen LogP contribution in [-0.4, -0.2) is 49.0 Å². The molecule has 3 heteroatoms. The van der Waals surface area contributed by atoms with Crippen molar-refractivity contribution in [2.24, 2.45) is 5.92 Å². The van der Waals surface area contributed by atoms with Crippen LogP contribution < -0.4 is 0 Å². The van der Waals surface area contributed by atoms with E-state index < -0.39 is 0 Å². The summed E-state index contributed by atoms with van der Waals surface area (Å²) < 4.78 is 5.54. The van der Waals surface area contributed by atoms with Crippen molar-refractivity contribution < 1.29 is 9.84 Å². The van der Waals surface area contributed by atoms with Crippen molar-refractivity contribution in [2.75, 3.05) is 32.9 Å². The molecule has 3 nitrogen and oxygen atoms in total. The van der Waals surface area contributed by atoms with Crippen molar-refractivity contribution in [3.63, 3.8) is 0 Å². The second kappa shape index (κ2) is 6.58. The third-order valence-corrected chi connectivity index (χ3v) is 3.94. The van der Waals surface area contributed by atoms with Crippen LogP contribution in [0, 0.1) is 5.92 Å². The van der Waals surface area contributed by atoms with Gasteiger partial charge in [0.1, 0.15) is 0 Å². The lowest BCUT2D eigenvalue weighted by molar-refractivity contribution is 0.0356. The molecule has 0 bridgehead atoms. The molecule has 2 aliphatic rings. The van der Waals surface area contributed by atoms with E-state index in [0.717, 1.165) is 31.6 Å². The second-order valence-electron chi connectivity index (χ2n) is 5.24. The molecule has 16 heavy (non-hydrogen) atoms. The highest BCUT2D eigenvalue weighted by Gasteiger charge is 2.26. The van der Waals surface area contributed by atoms with Gasteiger partial charge in [0.25, 0.3) is 0 Å². The summed E-state index contributed by atoms with van der Waals surface area (Å²) in [5.41, 5.74) is 0. The minimum Gasteiger partial charge on any atom is -0.396 e. The predicted molar refractivity (Wildman–Crippen MR) is 64.5 cm³/mol. The Morgan fingerprint density at radius 1 is 1.25 bits per heavy atom. The zero-order valence-corrected chi connectivity index (χ0v) is 10.2. The topological polar surface area (TPSA) is 32.7 Å². The molecule has 0 spiro atoms. The zero-order chi connectivity index (χ0) is 11.2. The van der Waals surface area contributed by atoms with E-state index in [4.69, 9.17) is 9.84 Å². The van der Waals surface area contributed by atoms with Crippen LogP contribution in [0.4, 0.5) is 0 Å². The molecule has 2 saturated heterocycles. The Balaban J connectivity index is 1.73. The van der Waals surface area contributed by atoms with E-state index in [-0.39, 0.29) is 0 Å². The Morgan fingerprint density at radius 3 is 2.94 bits per heavy atom. The van der Waals surface area contributed by atoms with Gasteiger partial charge in [0.05, 0.1) is 6.61 Å². The maximum absolute atomic E-state index is 8.90. The van der Waals surface area contributed by atoms with Crippen molar-refractivity contribution in [3.05, 3.63) is 0 Å². The minimum atomic E-state index is 0.344. The van der Waals surface area contributed by atoms with Gasteiger partial charge in [0.15, 0.2) is 0 Å². The Labute approximate surface area is 98.8 Å². The summed E-state index contributed by atoms with van der Waals surface area (Å²) in [5.74, 6) is 0.753. The molecular weight excluding hydrogens is 202 g/mol. The van der Waals surface area contributed by atoms with Crippen LogP contribution in [-0.2, 0) is 4.74 Å². The molecule has 2 fully saturated rings. The van der Waals surface area contributed by atoms with Gasteiger partial charge in [-0.2, -0.15) is 0 Å². The summed E-state index contributed by atoms with van der Waals surface area (Å²) in [4.78, 5) is 2.63. The minimum absolute atomic E-state index is 0.344. The van der Waals surface area contributed by atoms with Crippen LogP contribution in [0.3, 0.4) is 0 Å². The van der Waals surface area contributed by atoms with Crippen LogP contribution in [0.1, 0.15) is 38.5 Å². The standard InChI is InChI=1S/C13H25NO2/c15-8-2-6-13-5-1-7-14(13)10-12-4-3-9-16-11-12/h12-13,15H,1-11H2/t12-,13+/m1/s1. The maximum atomic E-state index is 8.90. The number of nitrogens with zero attached hydrogens (tertiary/aromatic N) is 1. The van der Waals surface area contributed by atoms with Gasteiger partial charge in [0, 0.05) is 25.8 Å². The molecule has 0 amide bonds. The first-order valence-electron chi connectivity index (χ1n) is 6.83. The smallest absolute Gasteiger partial charge is 0.0506 e. The van der Waals surface area contributed by atoms with Crippen LogP contribution in [0.25, 0.3) is 0 Å². The van der Waals surface area contributed by atoms with Crippen molar-refractivity contribution >= 4 is 0 Å². The average Bonchev–Trinajstić information content (AvgIpc) is 2.75. The molecule has 0 aromatic heterocycles. The first kappa shape index (κ1) is 12.3. The predicted octanol–water partition coefficient (Wildman–Crippen LogP) is 1.65. The number of hydrogen-bond donors (Lipinski definition) is 1. The Kier molecular flexibility index (Phi) is 5.07. The molecule has 94 valence electrons. The Bertz CT molecular complexity index is 192. The highest BCUT2D eigenvalue weighted by atomic mass is 16.5.